The third kappa shape index (κ3) is 8.41. The summed E-state index contributed by atoms with van der Waals surface area (Å²) in [4.78, 5) is 50.0. The molecule has 1 saturated carbocycles. The number of aromatic amines is 1. The number of carbonyl (C=O) groups excluding carboxylic acids is 3. The van der Waals surface area contributed by atoms with E-state index >= 15 is 4.79 Å². The Morgan fingerprint density at radius 1 is 0.971 bits per heavy atom. The zero-order valence-electron chi connectivity index (χ0n) is 42.4. The number of carbonyl (C=O) groups is 3. The number of unbranched alkanes of at least 4 members (excludes halogenated alkanes) is 1. The van der Waals surface area contributed by atoms with Gasteiger partial charge in [0.15, 0.2) is 0 Å². The number of likely N-dealkylation sites (N-methyl/N-ethyl adjacent to an activating group) is 1. The van der Waals surface area contributed by atoms with Gasteiger partial charge in [0.1, 0.15) is 17.3 Å². The van der Waals surface area contributed by atoms with Crippen LogP contribution in [-0.2, 0) is 41.1 Å². The molecule has 1 amide bonds. The molecule has 386 valence electrons. The van der Waals surface area contributed by atoms with Crippen molar-refractivity contribution in [3.05, 3.63) is 76.7 Å². The number of benzene rings is 2. The van der Waals surface area contributed by atoms with Gasteiger partial charge < -0.3 is 62.3 Å². The number of hydrogen-bond acceptors (Lipinski definition) is 14. The zero-order chi connectivity index (χ0) is 51.0. The van der Waals surface area contributed by atoms with Crippen molar-refractivity contribution in [2.24, 2.45) is 28.5 Å². The van der Waals surface area contributed by atoms with Crippen molar-refractivity contribution in [3.8, 4) is 5.75 Å². The van der Waals surface area contributed by atoms with Crippen molar-refractivity contribution < 1.29 is 43.9 Å². The molecule has 5 aliphatic heterocycles. The maximum absolute atomic E-state index is 15.2. The highest BCUT2D eigenvalue weighted by molar-refractivity contribution is 5.95. The van der Waals surface area contributed by atoms with Crippen molar-refractivity contribution >= 4 is 34.4 Å². The summed E-state index contributed by atoms with van der Waals surface area (Å²) in [6.07, 6.45) is 9.40. The van der Waals surface area contributed by atoms with E-state index in [-0.39, 0.29) is 12.0 Å². The van der Waals surface area contributed by atoms with Crippen molar-refractivity contribution in [2.45, 2.75) is 131 Å². The molecular weight excluding hydrogens is 893 g/mol. The summed E-state index contributed by atoms with van der Waals surface area (Å²) in [5.74, 6) is -1.31. The van der Waals surface area contributed by atoms with Crippen LogP contribution in [0, 0.1) is 11.3 Å². The number of rotatable bonds is 12. The Labute approximate surface area is 413 Å². The van der Waals surface area contributed by atoms with E-state index in [1.54, 1.807) is 7.11 Å². The largest absolute Gasteiger partial charge is 0.677 e. The van der Waals surface area contributed by atoms with Gasteiger partial charge in [-0.05, 0) is 87.2 Å². The first kappa shape index (κ1) is 53.2. The molecule has 6 heterocycles. The van der Waals surface area contributed by atoms with Crippen LogP contribution in [0.15, 0.2) is 48.6 Å². The van der Waals surface area contributed by atoms with Crippen LogP contribution in [0.4, 0.5) is 5.69 Å². The van der Waals surface area contributed by atoms with Crippen LogP contribution in [0.25, 0.3) is 16.6 Å². The summed E-state index contributed by atoms with van der Waals surface area (Å²) in [6, 6.07) is 10.6. The number of hydrogen-bond donors (Lipinski definition) is 7. The average molecular weight is 972 g/mol. The summed E-state index contributed by atoms with van der Waals surface area (Å²) in [5.41, 5.74) is 20.4. The second-order valence-corrected chi connectivity index (χ2v) is 20.7. The fourth-order valence-electron chi connectivity index (χ4n) is 13.8. The van der Waals surface area contributed by atoms with Crippen LogP contribution in [-0.4, -0.2) is 158 Å². The van der Waals surface area contributed by atoms with Crippen LogP contribution in [0.1, 0.15) is 101 Å². The van der Waals surface area contributed by atoms with Gasteiger partial charge in [-0.2, -0.15) is 0 Å². The number of aromatic nitrogens is 1. The molecule has 1 spiro atoms. The molecule has 3 aromatic rings. The Bertz CT molecular complexity index is 2410. The molecular formula is C53H79N8O9-. The van der Waals surface area contributed by atoms with E-state index in [0.29, 0.717) is 89.0 Å². The first-order valence-corrected chi connectivity index (χ1v) is 25.3. The van der Waals surface area contributed by atoms with Crippen molar-refractivity contribution in [3.63, 3.8) is 0 Å². The minimum absolute atomic E-state index is 0.0795. The summed E-state index contributed by atoms with van der Waals surface area (Å²) < 4.78 is 17.6. The number of nitrogens with zero attached hydrogens (tertiary/aromatic N) is 3. The molecule has 3 fully saturated rings. The zero-order valence-corrected chi connectivity index (χ0v) is 42.4. The van der Waals surface area contributed by atoms with E-state index in [0.717, 1.165) is 65.8 Å². The van der Waals surface area contributed by atoms with Gasteiger partial charge in [0.2, 0.25) is 11.5 Å². The molecule has 1 aromatic heterocycles. The maximum atomic E-state index is 15.2. The maximum Gasteiger partial charge on any atom is 0.342 e. The number of nitrogens with two attached hydrogens (primary N) is 3. The number of methoxy groups -OCH3 is 3. The molecule has 9 rings (SSSR count). The first-order valence-electron chi connectivity index (χ1n) is 25.3. The van der Waals surface area contributed by atoms with Crippen molar-refractivity contribution in [1.29, 1.82) is 0 Å². The van der Waals surface area contributed by atoms with Crippen molar-refractivity contribution in [1.82, 2.24) is 14.8 Å². The van der Waals surface area contributed by atoms with E-state index in [1.807, 2.05) is 69.1 Å². The molecule has 1 aliphatic carbocycles. The van der Waals surface area contributed by atoms with Gasteiger partial charge in [0, 0.05) is 84.0 Å². The first-order chi connectivity index (χ1) is 33.4. The van der Waals surface area contributed by atoms with E-state index in [4.69, 9.17) is 37.1 Å². The average Bonchev–Trinajstić information content (AvgIpc) is 4.03. The Kier molecular flexibility index (Phi) is 15.9. The third-order valence-electron chi connectivity index (χ3n) is 17.0. The third-order valence-corrected chi connectivity index (χ3v) is 17.0. The molecule has 2 saturated heterocycles. The normalized spacial score (nSPS) is 33.0. The molecule has 0 radical (unpaired) electrons. The Morgan fingerprint density at radius 3 is 2.31 bits per heavy atom. The lowest BCUT2D eigenvalue weighted by Crippen LogP contribution is -2.80. The summed E-state index contributed by atoms with van der Waals surface area (Å²) in [5, 5.41) is 38.3. The smallest absolute Gasteiger partial charge is 0.342 e. The second-order valence-electron chi connectivity index (χ2n) is 20.7. The van der Waals surface area contributed by atoms with Gasteiger partial charge >= 0.3 is 11.9 Å². The number of ether oxygens (including phenoxy) is 3. The number of H-pyrrole nitrogens is 1. The second kappa shape index (κ2) is 20.9. The van der Waals surface area contributed by atoms with Crippen LogP contribution < -0.4 is 26.8 Å². The van der Waals surface area contributed by atoms with Gasteiger partial charge in [-0.15, -0.1) is 6.54 Å². The lowest BCUT2D eigenvalue weighted by Gasteiger charge is -2.63. The lowest BCUT2D eigenvalue weighted by atomic mass is 9.47. The molecule has 2 bridgehead atoms. The standard InChI is InChI=1S/C44H56N4O8.C6H14N2O.C3H9N2/c1-7-40(52)22-26-23-43(38(50)55-5,34-28(14-18-47(24-26)25-40)27-12-9-10-13-31(27)45-34)30-20-29-32(21-33(30)54-4)46(3)36-42(29)16-19-48-17-11-15-41(8-2,35(42)48)37(49)44(36,53)39(51)56-6;1-2-3-4-5(7)6(8)9;4-2-1-3-5/h9-13,15,20-21,26,35-37,45,49,52-53H,7-8,14,16-19,22-25H2,1-6H3;5H,2-4,7H2,1H3,(H2,8,9);4H,1-3,5H2/q;;-1/t26-,35+,36-,37-,40+,41-,42?,43+,44+;5-;/m10./s1. The fourth-order valence-corrected chi connectivity index (χ4v) is 13.8. The predicted octanol–water partition coefficient (Wildman–Crippen LogP) is 3.80. The summed E-state index contributed by atoms with van der Waals surface area (Å²) >= 11 is 0. The molecule has 11 N–H and O–H groups in total. The number of nitrogens with one attached hydrogen (secondary N) is 2. The molecule has 2 unspecified atom stereocenters. The highest BCUT2D eigenvalue weighted by Crippen LogP contribution is 2.67. The number of piperidine rings is 1. The van der Waals surface area contributed by atoms with Crippen LogP contribution >= 0.6 is 0 Å². The number of amides is 1. The van der Waals surface area contributed by atoms with Gasteiger partial charge in [0.05, 0.1) is 39.0 Å². The Balaban J connectivity index is 0.000000453. The van der Waals surface area contributed by atoms with Crippen LogP contribution in [0.2, 0.25) is 0 Å². The van der Waals surface area contributed by atoms with Crippen LogP contribution in [0.5, 0.6) is 5.75 Å². The summed E-state index contributed by atoms with van der Waals surface area (Å²) in [7, 11) is 6.17. The fraction of sp³-hybridized carbons (Fsp3) is 0.642. The number of aliphatic hydroxyl groups excluding tert-OH is 1. The quantitative estimate of drug-likeness (QED) is 0.101. The number of fused-ring (bicyclic) bond motifs is 6. The van der Waals surface area contributed by atoms with Gasteiger partial charge in [-0.3, -0.25) is 19.4 Å². The Hall–Kier alpha value is -4.59. The molecule has 17 nitrogen and oxygen atoms in total. The van der Waals surface area contributed by atoms with Crippen LogP contribution in [0.3, 0.4) is 0 Å². The monoisotopic (exact) mass is 972 g/mol. The van der Waals surface area contributed by atoms with Gasteiger partial charge in [-0.1, -0.05) is 70.4 Å². The minimum Gasteiger partial charge on any atom is -0.677 e. The topological polar surface area (TPSA) is 267 Å². The molecule has 17 heteroatoms. The lowest BCUT2D eigenvalue weighted by molar-refractivity contribution is -0.218. The molecule has 6 aliphatic rings. The SMILES string of the molecule is CCCC[C@H](N)C(N)=O.CC[C@]1(O)C[C@H]2CN(CCc3c([nH]c4ccccc34)[C@@](C(=O)OC)(c3cc4c(cc3OC)N(C)[C@@H]3C45CCN4CC=C[C@](CC)([C@H]45)[C@@H](O)[C@]3(O)C(=O)OC)C2)C1.[NH-]CCCN. The van der Waals surface area contributed by atoms with Gasteiger partial charge in [-0.25, -0.2) is 4.79 Å². The molecule has 2 aromatic carbocycles. The number of anilines is 1. The minimum atomic E-state index is -2.29. The van der Waals surface area contributed by atoms with E-state index in [1.165, 1.54) is 14.2 Å². The number of para-hydroxylation sites is 1. The highest BCUT2D eigenvalue weighted by atomic mass is 16.5. The van der Waals surface area contributed by atoms with E-state index < -0.39 is 63.5 Å². The van der Waals surface area contributed by atoms with E-state index in [9.17, 15) is 24.9 Å². The predicted molar refractivity (Wildman–Crippen MR) is 270 cm³/mol. The number of esters is 2. The van der Waals surface area contributed by atoms with Gasteiger partial charge in [0.25, 0.3) is 0 Å². The highest BCUT2D eigenvalue weighted by Gasteiger charge is 2.79. The Morgan fingerprint density at radius 2 is 1.70 bits per heavy atom. The number of aliphatic hydroxyl groups is 3. The van der Waals surface area contributed by atoms with Crippen molar-refractivity contribution in [2.75, 3.05) is 79.1 Å². The van der Waals surface area contributed by atoms with E-state index in [2.05, 4.69) is 26.9 Å². The number of primary amides is 1. The summed E-state index contributed by atoms with van der Waals surface area (Å²) in [6.45, 7) is 10.6. The molecule has 70 heavy (non-hydrogen) atoms. The molecule has 11 atom stereocenters.